The number of para-hydroxylation sites is 1. The van der Waals surface area contributed by atoms with E-state index in [9.17, 15) is 10.1 Å². The molecule has 0 amide bonds. The van der Waals surface area contributed by atoms with E-state index in [0.29, 0.717) is 18.1 Å². The third-order valence-corrected chi connectivity index (χ3v) is 4.50. The molecule has 2 atom stereocenters. The van der Waals surface area contributed by atoms with Gasteiger partial charge in [-0.2, -0.15) is 0 Å². The maximum Gasteiger partial charge on any atom is 0.276 e. The molecule has 4 rings (SSSR count). The monoisotopic (exact) mass is 338 g/mol. The summed E-state index contributed by atoms with van der Waals surface area (Å²) in [6, 6.07) is 16.3. The molecule has 0 N–H and O–H groups in total. The molecule has 2 heterocycles. The molecule has 0 unspecified atom stereocenters. The summed E-state index contributed by atoms with van der Waals surface area (Å²) in [5.41, 5.74) is 0.0108. The van der Waals surface area contributed by atoms with Crippen molar-refractivity contribution in [3.05, 3.63) is 75.8 Å². The molecule has 0 bridgehead atoms. The van der Waals surface area contributed by atoms with E-state index in [0.717, 1.165) is 5.56 Å². The van der Waals surface area contributed by atoms with Gasteiger partial charge in [0.25, 0.3) is 5.69 Å². The Balaban J connectivity index is 1.87. The minimum Gasteiger partial charge on any atom is -0.476 e. The average Bonchev–Trinajstić information content (AvgIpc) is 3.26. The lowest BCUT2D eigenvalue weighted by atomic mass is 9.90. The second kappa shape index (κ2) is 5.39. The quantitative estimate of drug-likeness (QED) is 0.483. The van der Waals surface area contributed by atoms with Crippen LogP contribution in [-0.2, 0) is 15.1 Å². The van der Waals surface area contributed by atoms with Gasteiger partial charge < -0.3 is 9.47 Å². The molecular weight excluding hydrogens is 320 g/mol. The molecule has 128 valence electrons. The lowest BCUT2D eigenvalue weighted by molar-refractivity contribution is -0.385. The molecule has 0 spiro atoms. The van der Waals surface area contributed by atoms with Gasteiger partial charge in [-0.1, -0.05) is 42.5 Å². The third kappa shape index (κ3) is 2.49. The number of benzene rings is 2. The summed E-state index contributed by atoms with van der Waals surface area (Å²) in [5, 5.41) is 11.6. The zero-order chi connectivity index (χ0) is 17.7. The number of nitro groups is 1. The summed E-state index contributed by atoms with van der Waals surface area (Å²) >= 11 is 0. The van der Waals surface area contributed by atoms with Gasteiger partial charge in [0.2, 0.25) is 11.5 Å². The number of rotatable bonds is 4. The van der Waals surface area contributed by atoms with E-state index in [-0.39, 0.29) is 22.3 Å². The molecular formula is C19H18N2O4. The van der Waals surface area contributed by atoms with Crippen molar-refractivity contribution in [1.29, 1.82) is 0 Å². The fourth-order valence-corrected chi connectivity index (χ4v) is 3.29. The van der Waals surface area contributed by atoms with E-state index in [2.05, 4.69) is 4.99 Å². The largest absolute Gasteiger partial charge is 0.476 e. The van der Waals surface area contributed by atoms with Crippen molar-refractivity contribution in [2.45, 2.75) is 31.1 Å². The molecule has 1 fully saturated rings. The predicted molar refractivity (Wildman–Crippen MR) is 92.5 cm³/mol. The number of ether oxygens (including phenoxy) is 2. The van der Waals surface area contributed by atoms with E-state index in [1.807, 2.05) is 44.2 Å². The highest BCUT2D eigenvalue weighted by Gasteiger charge is 2.67. The summed E-state index contributed by atoms with van der Waals surface area (Å²) in [6.45, 7) is 4.36. The molecule has 0 radical (unpaired) electrons. The minimum atomic E-state index is -1.04. The van der Waals surface area contributed by atoms with Crippen molar-refractivity contribution in [2.24, 2.45) is 4.99 Å². The SMILES string of the molecule is CC1(C)COC([C@]2(c3ccccc3[N+](=O)[O-])O[C@H]2c2ccccc2)=N1. The molecule has 2 aliphatic rings. The van der Waals surface area contributed by atoms with E-state index in [1.54, 1.807) is 18.2 Å². The first kappa shape index (κ1) is 15.8. The van der Waals surface area contributed by atoms with Crippen molar-refractivity contribution in [3.63, 3.8) is 0 Å². The Morgan fingerprint density at radius 3 is 2.44 bits per heavy atom. The van der Waals surface area contributed by atoms with Gasteiger partial charge in [-0.15, -0.1) is 0 Å². The Kier molecular flexibility index (Phi) is 3.40. The Morgan fingerprint density at radius 1 is 1.12 bits per heavy atom. The minimum absolute atomic E-state index is 0.0111. The summed E-state index contributed by atoms with van der Waals surface area (Å²) in [4.78, 5) is 15.8. The lowest BCUT2D eigenvalue weighted by Crippen LogP contribution is -2.24. The molecule has 2 aliphatic heterocycles. The van der Waals surface area contributed by atoms with Crippen LogP contribution >= 0.6 is 0 Å². The third-order valence-electron chi connectivity index (χ3n) is 4.50. The van der Waals surface area contributed by atoms with Gasteiger partial charge in [0.05, 0.1) is 16.0 Å². The zero-order valence-electron chi connectivity index (χ0n) is 14.0. The highest BCUT2D eigenvalue weighted by atomic mass is 16.6. The van der Waals surface area contributed by atoms with Crippen LogP contribution in [0.1, 0.15) is 31.1 Å². The standard InChI is InChI=1S/C19H18N2O4/c1-18(2)12-24-17(20-18)19(14-10-6-7-11-15(14)21(22)23)16(25-19)13-8-4-3-5-9-13/h3-11,16H,12H2,1-2H3/t16-,19+/m0/s1. The van der Waals surface area contributed by atoms with Crippen molar-refractivity contribution >= 4 is 11.6 Å². The number of epoxide rings is 1. The highest BCUT2D eigenvalue weighted by Crippen LogP contribution is 2.60. The van der Waals surface area contributed by atoms with E-state index < -0.39 is 5.60 Å². The van der Waals surface area contributed by atoms with Crippen LogP contribution in [0.5, 0.6) is 0 Å². The van der Waals surface area contributed by atoms with Crippen molar-refractivity contribution in [3.8, 4) is 0 Å². The van der Waals surface area contributed by atoms with E-state index in [4.69, 9.17) is 9.47 Å². The molecule has 25 heavy (non-hydrogen) atoms. The van der Waals surface area contributed by atoms with Crippen LogP contribution in [0.25, 0.3) is 0 Å². The molecule has 1 saturated heterocycles. The smallest absolute Gasteiger partial charge is 0.276 e. The summed E-state index contributed by atoms with van der Waals surface area (Å²) < 4.78 is 11.9. The van der Waals surface area contributed by atoms with Crippen LogP contribution in [0.4, 0.5) is 5.69 Å². The van der Waals surface area contributed by atoms with Crippen LogP contribution in [0.15, 0.2) is 59.6 Å². The summed E-state index contributed by atoms with van der Waals surface area (Å²) in [5.74, 6) is 0.417. The van der Waals surface area contributed by atoms with Gasteiger partial charge in [-0.3, -0.25) is 10.1 Å². The maximum absolute atomic E-state index is 11.6. The summed E-state index contributed by atoms with van der Waals surface area (Å²) in [6.07, 6.45) is -0.359. The lowest BCUT2D eigenvalue weighted by Gasteiger charge is -2.13. The normalized spacial score (nSPS) is 26.6. The fraction of sp³-hybridized carbons (Fsp3) is 0.316. The van der Waals surface area contributed by atoms with Crippen molar-refractivity contribution in [2.75, 3.05) is 6.61 Å². The Morgan fingerprint density at radius 2 is 1.80 bits per heavy atom. The van der Waals surface area contributed by atoms with Crippen molar-refractivity contribution in [1.82, 2.24) is 0 Å². The van der Waals surface area contributed by atoms with Gasteiger partial charge in [-0.25, -0.2) is 4.99 Å². The first-order valence-electron chi connectivity index (χ1n) is 8.14. The first-order valence-corrected chi connectivity index (χ1v) is 8.14. The van der Waals surface area contributed by atoms with Gasteiger partial charge in [0.1, 0.15) is 12.7 Å². The van der Waals surface area contributed by atoms with Gasteiger partial charge in [-0.05, 0) is 25.5 Å². The number of aliphatic imine (C=N–C) groups is 1. The zero-order valence-corrected chi connectivity index (χ0v) is 14.0. The molecule has 0 saturated carbocycles. The molecule has 2 aromatic rings. The predicted octanol–water partition coefficient (Wildman–Crippen LogP) is 3.77. The van der Waals surface area contributed by atoms with Crippen LogP contribution < -0.4 is 0 Å². The fourth-order valence-electron chi connectivity index (χ4n) is 3.29. The highest BCUT2D eigenvalue weighted by molar-refractivity contribution is 5.93. The molecule has 6 nitrogen and oxygen atoms in total. The first-order chi connectivity index (χ1) is 11.9. The number of hydrogen-bond acceptors (Lipinski definition) is 5. The van der Waals surface area contributed by atoms with Crippen LogP contribution in [0.2, 0.25) is 0 Å². The number of nitro benzene ring substituents is 1. The molecule has 0 aromatic heterocycles. The molecule has 6 heteroatoms. The molecule has 2 aromatic carbocycles. The van der Waals surface area contributed by atoms with Gasteiger partial charge in [0.15, 0.2) is 0 Å². The van der Waals surface area contributed by atoms with Gasteiger partial charge >= 0.3 is 0 Å². The number of hydrogen-bond donors (Lipinski definition) is 0. The Bertz CT molecular complexity index is 863. The second-order valence-electron chi connectivity index (χ2n) is 6.94. The maximum atomic E-state index is 11.6. The number of nitrogens with zero attached hydrogens (tertiary/aromatic N) is 2. The van der Waals surface area contributed by atoms with Crippen LogP contribution in [0, 0.1) is 10.1 Å². The summed E-state index contributed by atoms with van der Waals surface area (Å²) in [7, 11) is 0. The van der Waals surface area contributed by atoms with Gasteiger partial charge in [0, 0.05) is 6.07 Å². The molecule has 0 aliphatic carbocycles. The van der Waals surface area contributed by atoms with Crippen LogP contribution in [-0.4, -0.2) is 23.0 Å². The van der Waals surface area contributed by atoms with E-state index in [1.165, 1.54) is 6.07 Å². The van der Waals surface area contributed by atoms with E-state index >= 15 is 0 Å². The second-order valence-corrected chi connectivity index (χ2v) is 6.94. The Labute approximate surface area is 145 Å². The topological polar surface area (TPSA) is 77.3 Å². The average molecular weight is 338 g/mol. The van der Waals surface area contributed by atoms with Crippen molar-refractivity contribution < 1.29 is 14.4 Å². The Hall–Kier alpha value is -2.73. The van der Waals surface area contributed by atoms with Crippen LogP contribution in [0.3, 0.4) is 0 Å².